The van der Waals surface area contributed by atoms with Crippen LogP contribution in [0.3, 0.4) is 0 Å². The van der Waals surface area contributed by atoms with Gasteiger partial charge in [0, 0.05) is 34.1 Å². The molecule has 3 N–H and O–H groups in total. The molecule has 0 amide bonds. The Balaban J connectivity index is 2.02. The van der Waals surface area contributed by atoms with Crippen LogP contribution in [0.5, 0.6) is 0 Å². The van der Waals surface area contributed by atoms with E-state index in [0.717, 1.165) is 33.1 Å². The van der Waals surface area contributed by atoms with Crippen molar-refractivity contribution in [3.63, 3.8) is 0 Å². The van der Waals surface area contributed by atoms with Gasteiger partial charge in [0.05, 0.1) is 11.7 Å². The second-order valence-electron chi connectivity index (χ2n) is 4.42. The normalized spacial score (nSPS) is 11.4. The number of anilines is 1. The van der Waals surface area contributed by atoms with Crippen LogP contribution in [0.15, 0.2) is 47.2 Å². The lowest BCUT2D eigenvalue weighted by molar-refractivity contribution is 0.439. The van der Waals surface area contributed by atoms with E-state index in [1.165, 1.54) is 0 Å². The molecule has 5 heteroatoms. The number of aromatic nitrogens is 3. The number of nitrogens with two attached hydrogens (primary N) is 1. The molecule has 0 saturated carbocycles. The number of fused-ring (bicyclic) bond motifs is 3. The molecule has 0 saturated heterocycles. The molecule has 0 fully saturated rings. The summed E-state index contributed by atoms with van der Waals surface area (Å²) in [5.41, 5.74) is 9.37. The Kier molecular flexibility index (Phi) is 1.91. The lowest BCUT2D eigenvalue weighted by atomic mass is 10.1. The van der Waals surface area contributed by atoms with Gasteiger partial charge >= 0.3 is 0 Å². The highest BCUT2D eigenvalue weighted by molar-refractivity contribution is 6.08. The summed E-state index contributed by atoms with van der Waals surface area (Å²) in [5.74, 6) is 0.318. The van der Waals surface area contributed by atoms with E-state index < -0.39 is 0 Å². The third-order valence-electron chi connectivity index (χ3n) is 3.22. The highest BCUT2D eigenvalue weighted by atomic mass is 16.5. The number of pyridine rings is 1. The van der Waals surface area contributed by atoms with Gasteiger partial charge in [-0.3, -0.25) is 4.98 Å². The number of hydrogen-bond acceptors (Lipinski definition) is 4. The van der Waals surface area contributed by atoms with Crippen LogP contribution in [0, 0.1) is 0 Å². The van der Waals surface area contributed by atoms with Crippen molar-refractivity contribution in [1.29, 1.82) is 0 Å². The first-order valence-corrected chi connectivity index (χ1v) is 5.89. The standard InChI is InChI=1S/C14H10N4O/c15-14-6-12(18-19-14)8-1-2-11-10(5-8)9-3-4-16-7-13(9)17-11/h1-7,17H,15H2. The number of nitrogens with one attached hydrogen (secondary N) is 1. The SMILES string of the molecule is Nc1cc(-c2ccc3[nH]c4cnccc4c3c2)no1. The van der Waals surface area contributed by atoms with Gasteiger partial charge in [-0.15, -0.1) is 0 Å². The minimum absolute atomic E-state index is 0.318. The van der Waals surface area contributed by atoms with Gasteiger partial charge in [0.1, 0.15) is 5.69 Å². The van der Waals surface area contributed by atoms with Crippen LogP contribution in [0.1, 0.15) is 0 Å². The van der Waals surface area contributed by atoms with Crippen LogP contribution in [0.25, 0.3) is 33.1 Å². The molecular formula is C14H10N4O. The van der Waals surface area contributed by atoms with E-state index in [2.05, 4.69) is 21.2 Å². The van der Waals surface area contributed by atoms with Gasteiger partial charge in [0.15, 0.2) is 0 Å². The Morgan fingerprint density at radius 3 is 2.84 bits per heavy atom. The molecular weight excluding hydrogens is 240 g/mol. The van der Waals surface area contributed by atoms with Crippen molar-refractivity contribution in [3.05, 3.63) is 42.7 Å². The minimum Gasteiger partial charge on any atom is -0.368 e. The van der Waals surface area contributed by atoms with Gasteiger partial charge in [0.2, 0.25) is 5.88 Å². The van der Waals surface area contributed by atoms with Crippen molar-refractivity contribution in [2.75, 3.05) is 5.73 Å². The molecule has 0 aliphatic rings. The molecule has 0 aliphatic carbocycles. The van der Waals surface area contributed by atoms with E-state index in [0.29, 0.717) is 5.88 Å². The van der Waals surface area contributed by atoms with Crippen molar-refractivity contribution < 1.29 is 4.52 Å². The second kappa shape index (κ2) is 3.58. The molecule has 0 spiro atoms. The molecule has 0 atom stereocenters. The summed E-state index contributed by atoms with van der Waals surface area (Å²) < 4.78 is 4.91. The number of nitrogens with zero attached hydrogens (tertiary/aromatic N) is 2. The molecule has 3 aromatic heterocycles. The zero-order chi connectivity index (χ0) is 12.8. The quantitative estimate of drug-likeness (QED) is 0.544. The predicted octanol–water partition coefficient (Wildman–Crippen LogP) is 2.95. The van der Waals surface area contributed by atoms with Crippen molar-refractivity contribution in [2.24, 2.45) is 0 Å². The average molecular weight is 250 g/mol. The Bertz CT molecular complexity index is 891. The topological polar surface area (TPSA) is 80.7 Å². The number of benzene rings is 1. The number of rotatable bonds is 1. The minimum atomic E-state index is 0.318. The van der Waals surface area contributed by atoms with Crippen molar-refractivity contribution in [1.82, 2.24) is 15.1 Å². The van der Waals surface area contributed by atoms with Gasteiger partial charge < -0.3 is 15.2 Å². The first kappa shape index (κ1) is 10.1. The van der Waals surface area contributed by atoms with Crippen LogP contribution >= 0.6 is 0 Å². The van der Waals surface area contributed by atoms with Crippen molar-refractivity contribution in [3.8, 4) is 11.3 Å². The molecule has 0 unspecified atom stereocenters. The van der Waals surface area contributed by atoms with Crippen LogP contribution in [-0.4, -0.2) is 15.1 Å². The molecule has 4 aromatic rings. The Labute approximate surface area is 108 Å². The summed E-state index contributed by atoms with van der Waals surface area (Å²) in [6.45, 7) is 0. The van der Waals surface area contributed by atoms with Crippen LogP contribution in [-0.2, 0) is 0 Å². The molecule has 5 nitrogen and oxygen atoms in total. The number of aromatic amines is 1. The number of nitrogen functional groups attached to an aromatic ring is 1. The lowest BCUT2D eigenvalue weighted by Gasteiger charge is -1.96. The molecule has 19 heavy (non-hydrogen) atoms. The zero-order valence-corrected chi connectivity index (χ0v) is 9.92. The fourth-order valence-electron chi connectivity index (χ4n) is 2.33. The first-order chi connectivity index (χ1) is 9.31. The summed E-state index contributed by atoms with van der Waals surface area (Å²) in [6, 6.07) is 9.80. The summed E-state index contributed by atoms with van der Waals surface area (Å²) in [6.07, 6.45) is 3.61. The second-order valence-corrected chi connectivity index (χ2v) is 4.42. The highest BCUT2D eigenvalue weighted by Gasteiger charge is 2.08. The van der Waals surface area contributed by atoms with E-state index in [-0.39, 0.29) is 0 Å². The van der Waals surface area contributed by atoms with Crippen LogP contribution in [0.4, 0.5) is 5.88 Å². The number of H-pyrrole nitrogens is 1. The highest BCUT2D eigenvalue weighted by Crippen LogP contribution is 2.29. The van der Waals surface area contributed by atoms with Gasteiger partial charge in [-0.05, 0) is 18.2 Å². The summed E-state index contributed by atoms with van der Waals surface area (Å²) >= 11 is 0. The molecule has 3 heterocycles. The van der Waals surface area contributed by atoms with E-state index >= 15 is 0 Å². The van der Waals surface area contributed by atoms with Crippen molar-refractivity contribution >= 4 is 27.7 Å². The largest absolute Gasteiger partial charge is 0.368 e. The Morgan fingerprint density at radius 2 is 2.00 bits per heavy atom. The lowest BCUT2D eigenvalue weighted by Crippen LogP contribution is -1.78. The van der Waals surface area contributed by atoms with Gasteiger partial charge in [-0.1, -0.05) is 11.2 Å². The third kappa shape index (κ3) is 1.48. The van der Waals surface area contributed by atoms with Crippen LogP contribution in [0.2, 0.25) is 0 Å². The van der Waals surface area contributed by atoms with E-state index in [1.807, 2.05) is 24.4 Å². The van der Waals surface area contributed by atoms with E-state index in [4.69, 9.17) is 10.3 Å². The van der Waals surface area contributed by atoms with Crippen LogP contribution < -0.4 is 5.73 Å². The fourth-order valence-corrected chi connectivity index (χ4v) is 2.33. The Morgan fingerprint density at radius 1 is 1.05 bits per heavy atom. The van der Waals surface area contributed by atoms with Gasteiger partial charge in [-0.25, -0.2) is 0 Å². The number of hydrogen-bond donors (Lipinski definition) is 2. The summed E-state index contributed by atoms with van der Waals surface area (Å²) in [5, 5.41) is 6.21. The zero-order valence-electron chi connectivity index (χ0n) is 9.92. The molecule has 1 aromatic carbocycles. The third-order valence-corrected chi connectivity index (χ3v) is 3.22. The Hall–Kier alpha value is -2.82. The van der Waals surface area contributed by atoms with E-state index in [1.54, 1.807) is 12.3 Å². The van der Waals surface area contributed by atoms with E-state index in [9.17, 15) is 0 Å². The molecule has 0 aliphatic heterocycles. The molecule has 0 radical (unpaired) electrons. The van der Waals surface area contributed by atoms with Gasteiger partial charge in [-0.2, -0.15) is 0 Å². The van der Waals surface area contributed by atoms with Gasteiger partial charge in [0.25, 0.3) is 0 Å². The average Bonchev–Trinajstić information content (AvgIpc) is 3.01. The maximum absolute atomic E-state index is 5.56. The molecule has 4 rings (SSSR count). The predicted molar refractivity (Wildman–Crippen MR) is 73.5 cm³/mol. The molecule has 92 valence electrons. The first-order valence-electron chi connectivity index (χ1n) is 5.89. The monoisotopic (exact) mass is 250 g/mol. The smallest absolute Gasteiger partial charge is 0.222 e. The summed E-state index contributed by atoms with van der Waals surface area (Å²) in [4.78, 5) is 7.45. The van der Waals surface area contributed by atoms with Crippen molar-refractivity contribution in [2.45, 2.75) is 0 Å². The maximum atomic E-state index is 5.56. The fraction of sp³-hybridized carbons (Fsp3) is 0. The maximum Gasteiger partial charge on any atom is 0.222 e. The molecule has 0 bridgehead atoms. The summed E-state index contributed by atoms with van der Waals surface area (Å²) in [7, 11) is 0.